The van der Waals surface area contributed by atoms with Gasteiger partial charge in [0.2, 0.25) is 47.3 Å². The van der Waals surface area contributed by atoms with Crippen molar-refractivity contribution >= 4 is 53.5 Å². The number of nitrogens with zero attached hydrogens (tertiary/aromatic N) is 6. The molecule has 1 fully saturated rings. The second kappa shape index (κ2) is 31.2. The van der Waals surface area contributed by atoms with Crippen LogP contribution in [0.25, 0.3) is 0 Å². The number of aldehydes is 1. The maximum Gasteiger partial charge on any atom is 0.245 e. The molecule has 18 nitrogen and oxygen atoms in total. The fourth-order valence-electron chi connectivity index (χ4n) is 8.57. The van der Waals surface area contributed by atoms with Crippen molar-refractivity contribution < 1.29 is 48.3 Å². The predicted molar refractivity (Wildman–Crippen MR) is 276 cm³/mol. The van der Waals surface area contributed by atoms with Gasteiger partial charge in [0.15, 0.2) is 0 Å². The number of carbonyl (C=O) groups is 9. The quantitative estimate of drug-likeness (QED) is 0.0695. The molecule has 7 atom stereocenters. The Hall–Kier alpha value is -5.39. The van der Waals surface area contributed by atoms with Gasteiger partial charge in [0.25, 0.3) is 0 Å². The fraction of sp³-hybridized carbons (Fsp3) is 0.717. The van der Waals surface area contributed by atoms with Crippen LogP contribution in [0.1, 0.15) is 127 Å². The Bertz CT molecular complexity index is 1860. The summed E-state index contributed by atoms with van der Waals surface area (Å²) in [6, 6.07) is -6.49. The fourth-order valence-corrected chi connectivity index (χ4v) is 8.57. The first-order chi connectivity index (χ1) is 33.1. The molecule has 0 aromatic heterocycles. The van der Waals surface area contributed by atoms with E-state index in [-0.39, 0.29) is 68.7 Å². The molecule has 1 rings (SSSR count). The second-order valence-corrected chi connectivity index (χ2v) is 21.1. The van der Waals surface area contributed by atoms with Crippen LogP contribution >= 0.6 is 0 Å². The minimum Gasteiger partial charge on any atom is -0.393 e. The van der Waals surface area contributed by atoms with Crippen LogP contribution in [0.5, 0.6) is 0 Å². The summed E-state index contributed by atoms with van der Waals surface area (Å²) in [7, 11) is 7.36. The first kappa shape index (κ1) is 63.6. The van der Waals surface area contributed by atoms with Crippen molar-refractivity contribution in [3.63, 3.8) is 0 Å². The van der Waals surface area contributed by atoms with E-state index in [4.69, 9.17) is 0 Å². The third-order valence-corrected chi connectivity index (χ3v) is 12.8. The number of nitrogens with one attached hydrogen (secondary N) is 2. The Balaban J connectivity index is 3.61. The molecule has 2 unspecified atom stereocenters. The zero-order valence-electron chi connectivity index (χ0n) is 45.6. The van der Waals surface area contributed by atoms with Crippen LogP contribution in [0.4, 0.5) is 0 Å². The molecule has 0 bridgehead atoms. The van der Waals surface area contributed by atoms with Gasteiger partial charge in [-0.15, -0.1) is 0 Å². The Morgan fingerprint density at radius 3 is 1.51 bits per heavy atom. The Labute approximate surface area is 425 Å². The van der Waals surface area contributed by atoms with Crippen LogP contribution in [0, 0.1) is 23.7 Å². The molecule has 8 amide bonds. The van der Waals surface area contributed by atoms with E-state index in [0.29, 0.717) is 24.9 Å². The maximum absolute atomic E-state index is 14.6. The molecule has 18 heteroatoms. The number of amides is 8. The zero-order valence-corrected chi connectivity index (χ0v) is 45.6. The standard InChI is InChI=1S/C53H90N8O10/c1-17-22-39(18-2)30-40(33-62)57(13)53(71)45(28-37(9)10)60(16)51(69)41(25-34(3)4)54-49(67)43(26-35(5)6)58(14)47(65)31-42(52(70)61-23-20-19-21-24-61)55-50(68)44(27-36(7)8)59(15)48(66)32-56(12)46(64)29-38(11)63/h17-18,22,33-38,40-45,63H,1-2,19-21,23-32H2,3-16H3,(H,54,67)(H,55,68)/b39-22+/t38?,40-,41-,42?,43-,44-,45-/m0/s1. The maximum atomic E-state index is 14.6. The summed E-state index contributed by atoms with van der Waals surface area (Å²) < 4.78 is 0. The van der Waals surface area contributed by atoms with E-state index >= 15 is 0 Å². The highest BCUT2D eigenvalue weighted by Gasteiger charge is 2.40. The largest absolute Gasteiger partial charge is 0.393 e. The first-order valence-corrected chi connectivity index (χ1v) is 25.4. The van der Waals surface area contributed by atoms with Gasteiger partial charge < -0.3 is 49.9 Å². The number of allylic oxidation sites excluding steroid dienone is 3. The molecule has 0 saturated carbocycles. The number of rotatable bonds is 30. The Morgan fingerprint density at radius 2 is 1.06 bits per heavy atom. The number of likely N-dealkylation sites (tertiary alicyclic amines) is 1. The normalized spacial score (nSPS) is 15.9. The Morgan fingerprint density at radius 1 is 0.577 bits per heavy atom. The van der Waals surface area contributed by atoms with Gasteiger partial charge in [-0.2, -0.15) is 0 Å². The molecule has 3 N–H and O–H groups in total. The smallest absolute Gasteiger partial charge is 0.245 e. The van der Waals surface area contributed by atoms with Crippen molar-refractivity contribution in [2.75, 3.05) is 54.9 Å². The van der Waals surface area contributed by atoms with Gasteiger partial charge >= 0.3 is 0 Å². The second-order valence-electron chi connectivity index (χ2n) is 21.1. The molecule has 0 radical (unpaired) electrons. The first-order valence-electron chi connectivity index (χ1n) is 25.4. The van der Waals surface area contributed by atoms with E-state index in [1.165, 1.54) is 66.7 Å². The highest BCUT2D eigenvalue weighted by atomic mass is 16.3. The molecule has 1 saturated heterocycles. The van der Waals surface area contributed by atoms with Crippen LogP contribution < -0.4 is 10.6 Å². The van der Waals surface area contributed by atoms with Gasteiger partial charge in [0, 0.05) is 48.3 Å². The number of piperidine rings is 1. The molecule has 0 aromatic rings. The molecule has 0 aliphatic carbocycles. The number of hydrogen-bond donors (Lipinski definition) is 3. The van der Waals surface area contributed by atoms with E-state index in [2.05, 4.69) is 23.8 Å². The summed E-state index contributed by atoms with van der Waals surface area (Å²) in [5.74, 6) is -4.66. The highest BCUT2D eigenvalue weighted by Crippen LogP contribution is 2.22. The van der Waals surface area contributed by atoms with Crippen molar-refractivity contribution in [3.8, 4) is 0 Å². The van der Waals surface area contributed by atoms with Gasteiger partial charge in [-0.25, -0.2) is 0 Å². The van der Waals surface area contributed by atoms with E-state index in [1.807, 2.05) is 55.4 Å². The molecular formula is C53H90N8O10. The summed E-state index contributed by atoms with van der Waals surface area (Å²) in [5, 5.41) is 15.4. The van der Waals surface area contributed by atoms with Crippen LogP contribution in [-0.2, 0) is 43.2 Å². The van der Waals surface area contributed by atoms with Crippen LogP contribution in [-0.4, -0.2) is 185 Å². The van der Waals surface area contributed by atoms with Crippen molar-refractivity contribution in [1.29, 1.82) is 0 Å². The summed E-state index contributed by atoms with van der Waals surface area (Å²) in [6.45, 7) is 24.6. The summed E-state index contributed by atoms with van der Waals surface area (Å²) in [6.07, 6.45) is 7.38. The average Bonchev–Trinajstić information content (AvgIpc) is 3.30. The summed E-state index contributed by atoms with van der Waals surface area (Å²) in [5.41, 5.74) is 0.701. The lowest BCUT2D eigenvalue weighted by Gasteiger charge is -2.37. The minimum absolute atomic E-state index is 0.0364. The predicted octanol–water partition coefficient (Wildman–Crippen LogP) is 3.97. The Kier molecular flexibility index (Phi) is 27.9. The van der Waals surface area contributed by atoms with Gasteiger partial charge in [0.05, 0.1) is 31.5 Å². The number of aliphatic hydroxyl groups is 1. The van der Waals surface area contributed by atoms with Crippen molar-refractivity contribution in [3.05, 3.63) is 37.0 Å². The van der Waals surface area contributed by atoms with E-state index in [1.54, 1.807) is 23.1 Å². The lowest BCUT2D eigenvalue weighted by molar-refractivity contribution is -0.149. The molecule has 0 aromatic carbocycles. The lowest BCUT2D eigenvalue weighted by atomic mass is 9.96. The lowest BCUT2D eigenvalue weighted by Crippen LogP contribution is -2.59. The minimum atomic E-state index is -1.36. The molecule has 402 valence electrons. The average molecular weight is 999 g/mol. The van der Waals surface area contributed by atoms with E-state index < -0.39 is 96.0 Å². The molecule has 1 aliphatic rings. The number of aliphatic hydroxyl groups excluding tert-OH is 1. The molecule has 1 aliphatic heterocycles. The molecular weight excluding hydrogens is 909 g/mol. The number of hydrogen-bond acceptors (Lipinski definition) is 10. The van der Waals surface area contributed by atoms with Crippen LogP contribution in [0.15, 0.2) is 37.0 Å². The summed E-state index contributed by atoms with van der Waals surface area (Å²) in [4.78, 5) is 133. The van der Waals surface area contributed by atoms with Gasteiger partial charge in [-0.1, -0.05) is 86.8 Å². The molecule has 1 heterocycles. The molecule has 71 heavy (non-hydrogen) atoms. The van der Waals surface area contributed by atoms with Crippen molar-refractivity contribution in [1.82, 2.24) is 40.0 Å². The van der Waals surface area contributed by atoms with E-state index in [0.717, 1.165) is 19.3 Å². The summed E-state index contributed by atoms with van der Waals surface area (Å²) >= 11 is 0. The van der Waals surface area contributed by atoms with Crippen LogP contribution in [0.2, 0.25) is 0 Å². The number of likely N-dealkylation sites (N-methyl/N-ethyl adjacent to an activating group) is 5. The van der Waals surface area contributed by atoms with Gasteiger partial charge in [-0.05, 0) is 87.5 Å². The van der Waals surface area contributed by atoms with Gasteiger partial charge in [0.1, 0.15) is 36.5 Å². The highest BCUT2D eigenvalue weighted by molar-refractivity contribution is 5.97. The number of carbonyl (C=O) groups excluding carboxylic acids is 9. The zero-order chi connectivity index (χ0) is 54.4. The van der Waals surface area contributed by atoms with Gasteiger partial charge in [-0.3, -0.25) is 38.4 Å². The van der Waals surface area contributed by atoms with Crippen molar-refractivity contribution in [2.24, 2.45) is 23.7 Å². The molecule has 0 spiro atoms. The van der Waals surface area contributed by atoms with Crippen molar-refractivity contribution in [2.45, 2.75) is 169 Å². The monoisotopic (exact) mass is 999 g/mol. The van der Waals surface area contributed by atoms with Crippen LogP contribution in [0.3, 0.4) is 0 Å². The topological polar surface area (TPSA) is 217 Å². The third-order valence-electron chi connectivity index (χ3n) is 12.8. The van der Waals surface area contributed by atoms with E-state index in [9.17, 15) is 48.3 Å². The third kappa shape index (κ3) is 21.1. The SMILES string of the molecule is C=C/C=C(\C=C)C[C@@H](C=O)N(C)C(=O)[C@H](CC(C)C)N(C)C(=O)[C@H](CC(C)C)NC(=O)[C@H](CC(C)C)N(C)C(=O)CC(NC(=O)[C@H](CC(C)C)N(C)C(=O)CN(C)C(=O)CC(C)O)C(=O)N1CCCCC1.